The molecule has 1 aliphatic heterocycles. The van der Waals surface area contributed by atoms with Crippen LogP contribution in [0.5, 0.6) is 0 Å². The highest BCUT2D eigenvalue weighted by Crippen LogP contribution is 2.37. The number of fused-ring (bicyclic) bond motifs is 2. The fourth-order valence-corrected chi connectivity index (χ4v) is 5.54. The lowest BCUT2D eigenvalue weighted by atomic mass is 9.94. The van der Waals surface area contributed by atoms with E-state index in [4.69, 9.17) is 4.98 Å². The van der Waals surface area contributed by atoms with E-state index in [2.05, 4.69) is 76.3 Å². The number of aromatic nitrogens is 3. The van der Waals surface area contributed by atoms with E-state index in [0.717, 1.165) is 29.1 Å². The minimum absolute atomic E-state index is 0.850. The number of nitrogens with one attached hydrogen (secondary N) is 1. The van der Waals surface area contributed by atoms with Crippen LogP contribution in [0.2, 0.25) is 0 Å². The molecule has 6 heteroatoms. The van der Waals surface area contributed by atoms with Crippen LogP contribution >= 0.6 is 33.9 Å². The van der Waals surface area contributed by atoms with Gasteiger partial charge in [-0.25, -0.2) is 4.98 Å². The predicted molar refractivity (Wildman–Crippen MR) is 120 cm³/mol. The maximum atomic E-state index is 4.96. The Balaban J connectivity index is 1.66. The lowest BCUT2D eigenvalue weighted by Gasteiger charge is -2.11. The first-order valence-electron chi connectivity index (χ1n) is 9.06. The molecule has 4 aromatic rings. The van der Waals surface area contributed by atoms with Crippen molar-refractivity contribution in [1.82, 2.24) is 20.1 Å². The third-order valence-corrected chi connectivity index (χ3v) is 7.03. The minimum Gasteiger partial charge on any atom is -0.311 e. The van der Waals surface area contributed by atoms with E-state index in [1.165, 1.54) is 43.7 Å². The van der Waals surface area contributed by atoms with Crippen molar-refractivity contribution in [3.05, 3.63) is 58.7 Å². The van der Waals surface area contributed by atoms with Crippen LogP contribution < -0.4 is 5.32 Å². The van der Waals surface area contributed by atoms with Crippen molar-refractivity contribution in [3.63, 3.8) is 0 Å². The van der Waals surface area contributed by atoms with Crippen LogP contribution in [-0.2, 0) is 17.5 Å². The molecule has 0 aliphatic carbocycles. The standard InChI is InChI=1S/C21H19IN4S/c1-13-14(16-6-3-7-19-17(16)10-24-26(19)12-22)4-2-5-15(13)21-25-18-8-9-23-11-20(18)27-21/h2-7,10,23H,8-9,11-12H2,1H3. The zero-order chi connectivity index (χ0) is 18.4. The van der Waals surface area contributed by atoms with Gasteiger partial charge >= 0.3 is 0 Å². The molecular formula is C21H19IN4S. The molecule has 0 saturated heterocycles. The van der Waals surface area contributed by atoms with Gasteiger partial charge < -0.3 is 5.32 Å². The topological polar surface area (TPSA) is 42.7 Å². The molecule has 0 amide bonds. The molecule has 1 N–H and O–H groups in total. The highest BCUT2D eigenvalue weighted by Gasteiger charge is 2.18. The summed E-state index contributed by atoms with van der Waals surface area (Å²) in [4.78, 5) is 6.34. The van der Waals surface area contributed by atoms with Crippen molar-refractivity contribution < 1.29 is 0 Å². The summed E-state index contributed by atoms with van der Waals surface area (Å²) in [5.41, 5.74) is 7.48. The highest BCUT2D eigenvalue weighted by molar-refractivity contribution is 14.1. The van der Waals surface area contributed by atoms with Crippen molar-refractivity contribution in [2.75, 3.05) is 6.54 Å². The number of halogens is 1. The molecule has 0 atom stereocenters. The minimum atomic E-state index is 0.850. The molecule has 0 radical (unpaired) electrons. The molecule has 27 heavy (non-hydrogen) atoms. The van der Waals surface area contributed by atoms with Crippen LogP contribution in [0, 0.1) is 6.92 Å². The van der Waals surface area contributed by atoms with Crippen molar-refractivity contribution in [1.29, 1.82) is 0 Å². The molecule has 0 unspecified atom stereocenters. The lowest BCUT2D eigenvalue weighted by molar-refractivity contribution is 0.644. The summed E-state index contributed by atoms with van der Waals surface area (Å²) in [6.07, 6.45) is 3.02. The van der Waals surface area contributed by atoms with Gasteiger partial charge in [-0.15, -0.1) is 11.3 Å². The molecule has 1 aliphatic rings. The van der Waals surface area contributed by atoms with Crippen LogP contribution in [0.3, 0.4) is 0 Å². The van der Waals surface area contributed by atoms with E-state index in [-0.39, 0.29) is 0 Å². The van der Waals surface area contributed by atoms with E-state index in [0.29, 0.717) is 0 Å². The number of thiazole rings is 1. The summed E-state index contributed by atoms with van der Waals surface area (Å²) in [5.74, 6) is 0. The zero-order valence-corrected chi connectivity index (χ0v) is 18.0. The predicted octanol–water partition coefficient (Wildman–Crippen LogP) is 5.17. The van der Waals surface area contributed by atoms with E-state index in [1.54, 1.807) is 0 Å². The summed E-state index contributed by atoms with van der Waals surface area (Å²) in [7, 11) is 0. The first kappa shape index (κ1) is 17.3. The van der Waals surface area contributed by atoms with Gasteiger partial charge in [0.25, 0.3) is 0 Å². The second-order valence-corrected chi connectivity index (χ2v) is 8.56. The van der Waals surface area contributed by atoms with Gasteiger partial charge in [0, 0.05) is 35.3 Å². The van der Waals surface area contributed by atoms with Gasteiger partial charge in [0.15, 0.2) is 0 Å². The average molecular weight is 486 g/mol. The molecule has 4 nitrogen and oxygen atoms in total. The summed E-state index contributed by atoms with van der Waals surface area (Å²) in [5, 5.41) is 10.3. The molecule has 3 heterocycles. The van der Waals surface area contributed by atoms with Gasteiger partial charge in [-0.1, -0.05) is 52.9 Å². The second kappa shape index (κ2) is 7.00. The Bertz CT molecular complexity index is 1120. The Morgan fingerprint density at radius 3 is 2.81 bits per heavy atom. The first-order chi connectivity index (χ1) is 13.3. The van der Waals surface area contributed by atoms with E-state index in [1.807, 2.05) is 22.2 Å². The largest absolute Gasteiger partial charge is 0.311 e. The van der Waals surface area contributed by atoms with Gasteiger partial charge in [-0.05, 0) is 29.7 Å². The number of nitrogens with zero attached hydrogens (tertiary/aromatic N) is 3. The summed E-state index contributed by atoms with van der Waals surface area (Å²) >= 11 is 4.18. The smallest absolute Gasteiger partial charge is 0.124 e. The van der Waals surface area contributed by atoms with Crippen molar-refractivity contribution >= 4 is 44.8 Å². The summed E-state index contributed by atoms with van der Waals surface area (Å²) < 4.78 is 2.89. The molecule has 0 saturated carbocycles. The number of hydrogen-bond acceptors (Lipinski definition) is 4. The van der Waals surface area contributed by atoms with E-state index < -0.39 is 0 Å². The van der Waals surface area contributed by atoms with E-state index in [9.17, 15) is 0 Å². The Morgan fingerprint density at radius 2 is 1.96 bits per heavy atom. The average Bonchev–Trinajstić information content (AvgIpc) is 3.31. The monoisotopic (exact) mass is 486 g/mol. The summed E-state index contributed by atoms with van der Waals surface area (Å²) in [6, 6.07) is 13.0. The quantitative estimate of drug-likeness (QED) is 0.321. The Hall–Kier alpha value is -1.77. The number of benzene rings is 2. The highest BCUT2D eigenvalue weighted by atomic mass is 127. The number of alkyl halides is 1. The third kappa shape index (κ3) is 2.90. The van der Waals surface area contributed by atoms with Gasteiger partial charge in [0.05, 0.1) is 22.0 Å². The fraction of sp³-hybridized carbons (Fsp3) is 0.238. The van der Waals surface area contributed by atoms with Crippen LogP contribution in [0.25, 0.3) is 32.6 Å². The SMILES string of the molecule is Cc1c(-c2nc3c(s2)CNCC3)cccc1-c1cccc2c1cnn2CI. The van der Waals surface area contributed by atoms with Gasteiger partial charge in [-0.3, -0.25) is 4.68 Å². The normalized spacial score (nSPS) is 13.9. The van der Waals surface area contributed by atoms with E-state index >= 15 is 0 Å². The molecular weight excluding hydrogens is 467 g/mol. The summed E-state index contributed by atoms with van der Waals surface area (Å²) in [6.45, 7) is 4.18. The molecule has 5 rings (SSSR count). The molecule has 0 spiro atoms. The molecule has 0 fully saturated rings. The van der Waals surface area contributed by atoms with Crippen LogP contribution in [-0.4, -0.2) is 21.3 Å². The van der Waals surface area contributed by atoms with Gasteiger partial charge in [0.1, 0.15) is 5.01 Å². The van der Waals surface area contributed by atoms with Crippen LogP contribution in [0.1, 0.15) is 16.1 Å². The lowest BCUT2D eigenvalue weighted by Crippen LogP contribution is -2.22. The maximum absolute atomic E-state index is 4.96. The maximum Gasteiger partial charge on any atom is 0.124 e. The zero-order valence-electron chi connectivity index (χ0n) is 15.0. The van der Waals surface area contributed by atoms with Gasteiger partial charge in [-0.2, -0.15) is 5.10 Å². The fourth-order valence-electron chi connectivity index (χ4n) is 3.83. The Kier molecular flexibility index (Phi) is 4.49. The van der Waals surface area contributed by atoms with Gasteiger partial charge in [0.2, 0.25) is 0 Å². The molecule has 136 valence electrons. The van der Waals surface area contributed by atoms with Crippen LogP contribution in [0.4, 0.5) is 0 Å². The number of hydrogen-bond donors (Lipinski definition) is 1. The first-order valence-corrected chi connectivity index (χ1v) is 11.4. The number of rotatable bonds is 3. The second-order valence-electron chi connectivity index (χ2n) is 6.80. The Labute approximate surface area is 175 Å². The molecule has 2 aromatic heterocycles. The van der Waals surface area contributed by atoms with Crippen molar-refractivity contribution in [3.8, 4) is 21.7 Å². The molecule has 0 bridgehead atoms. The third-order valence-electron chi connectivity index (χ3n) is 5.26. The van der Waals surface area contributed by atoms with Crippen molar-refractivity contribution in [2.24, 2.45) is 0 Å². The Morgan fingerprint density at radius 1 is 1.15 bits per heavy atom. The van der Waals surface area contributed by atoms with Crippen molar-refractivity contribution in [2.45, 2.75) is 24.4 Å². The molecule has 2 aromatic carbocycles. The van der Waals surface area contributed by atoms with Crippen LogP contribution in [0.15, 0.2) is 42.6 Å².